The second kappa shape index (κ2) is 14.3. The van der Waals surface area contributed by atoms with Crippen LogP contribution >= 0.6 is 0 Å². The van der Waals surface area contributed by atoms with Crippen LogP contribution in [-0.4, -0.2) is 56.9 Å². The first-order valence-electron chi connectivity index (χ1n) is 9.98. The summed E-state index contributed by atoms with van der Waals surface area (Å²) in [4.78, 5) is 10.4. The predicted octanol–water partition coefficient (Wildman–Crippen LogP) is 2.90. The third-order valence-electron chi connectivity index (χ3n) is 4.42. The summed E-state index contributed by atoms with van der Waals surface area (Å²) < 4.78 is 5.71. The van der Waals surface area contributed by atoms with Crippen molar-refractivity contribution in [2.45, 2.75) is 82.4 Å². The molecule has 0 spiro atoms. The first kappa shape index (κ1) is 24.3. The molecule has 158 valence electrons. The predicted molar refractivity (Wildman–Crippen MR) is 109 cm³/mol. The Morgan fingerprint density at radius 1 is 1.11 bits per heavy atom. The third kappa shape index (κ3) is 10.6. The summed E-state index contributed by atoms with van der Waals surface area (Å²) in [6.45, 7) is 2.03. The van der Waals surface area contributed by atoms with Crippen LogP contribution in [0, 0.1) is 0 Å². The van der Waals surface area contributed by atoms with Gasteiger partial charge in [0.05, 0.1) is 24.4 Å². The fraction of sp³-hybridized carbons (Fsp3) is 0.591. The van der Waals surface area contributed by atoms with Crippen molar-refractivity contribution in [3.05, 3.63) is 48.6 Å². The maximum Gasteiger partial charge on any atom is 0.303 e. The topological polar surface area (TPSA) is 107 Å². The van der Waals surface area contributed by atoms with Crippen LogP contribution in [0.1, 0.15) is 51.9 Å². The van der Waals surface area contributed by atoms with Crippen LogP contribution < -0.4 is 0 Å². The number of hydrogen-bond donors (Lipinski definition) is 4. The number of carbonyl (C=O) groups is 1. The summed E-state index contributed by atoms with van der Waals surface area (Å²) in [7, 11) is 0. The minimum Gasteiger partial charge on any atom is -0.481 e. The molecule has 28 heavy (non-hydrogen) atoms. The molecule has 1 heterocycles. The van der Waals surface area contributed by atoms with Crippen molar-refractivity contribution in [3.63, 3.8) is 0 Å². The molecule has 0 aromatic heterocycles. The second-order valence-electron chi connectivity index (χ2n) is 6.92. The molecule has 0 bridgehead atoms. The molecule has 0 aliphatic carbocycles. The number of carboxylic acid groups (broad SMARTS) is 1. The van der Waals surface area contributed by atoms with Gasteiger partial charge in [-0.15, -0.1) is 0 Å². The van der Waals surface area contributed by atoms with Crippen molar-refractivity contribution >= 4 is 5.97 Å². The molecule has 0 aromatic rings. The zero-order valence-corrected chi connectivity index (χ0v) is 16.6. The Bertz CT molecular complexity index is 551. The van der Waals surface area contributed by atoms with Gasteiger partial charge in [-0.2, -0.15) is 0 Å². The molecule has 6 heteroatoms. The van der Waals surface area contributed by atoms with E-state index >= 15 is 0 Å². The lowest BCUT2D eigenvalue weighted by Gasteiger charge is -2.16. The molecule has 0 radical (unpaired) electrons. The van der Waals surface area contributed by atoms with E-state index in [0.29, 0.717) is 32.1 Å². The lowest BCUT2D eigenvalue weighted by Crippen LogP contribution is -2.25. The number of ether oxygens (including phenoxy) is 1. The average molecular weight is 395 g/mol. The van der Waals surface area contributed by atoms with E-state index < -0.39 is 36.5 Å². The van der Waals surface area contributed by atoms with Crippen LogP contribution in [0.4, 0.5) is 0 Å². The molecule has 5 atom stereocenters. The first-order valence-corrected chi connectivity index (χ1v) is 9.98. The lowest BCUT2D eigenvalue weighted by atomic mass is 10.0. The van der Waals surface area contributed by atoms with Crippen LogP contribution in [0.15, 0.2) is 48.6 Å². The molecular formula is C22H34O6. The van der Waals surface area contributed by atoms with Gasteiger partial charge >= 0.3 is 5.97 Å². The fourth-order valence-electron chi connectivity index (χ4n) is 2.84. The standard InChI is InChI=1S/C22H34O6/c1-2-3-8-12-18(24)21-16-19(25)20(28-21)15-14-17(23)11-9-6-4-5-7-10-13-22(26)27/h3,5-9,14-15,17-21,23-25H,2,4,10-13,16H2,1H3,(H,26,27)/b7-5-,8-3-,9-6-,15-14+/t17-,18+,19-,20-,21+/m0/s1. The van der Waals surface area contributed by atoms with E-state index in [9.17, 15) is 20.1 Å². The molecule has 1 aliphatic heterocycles. The van der Waals surface area contributed by atoms with Gasteiger partial charge in [-0.05, 0) is 32.1 Å². The average Bonchev–Trinajstić information content (AvgIpc) is 3.03. The maximum atomic E-state index is 10.4. The van der Waals surface area contributed by atoms with Crippen molar-refractivity contribution in [1.29, 1.82) is 0 Å². The summed E-state index contributed by atoms with van der Waals surface area (Å²) in [5, 5.41) is 38.8. The highest BCUT2D eigenvalue weighted by Crippen LogP contribution is 2.25. The zero-order chi connectivity index (χ0) is 20.8. The van der Waals surface area contributed by atoms with Gasteiger partial charge in [-0.1, -0.05) is 55.5 Å². The van der Waals surface area contributed by atoms with Gasteiger partial charge in [-0.3, -0.25) is 4.79 Å². The van der Waals surface area contributed by atoms with Gasteiger partial charge in [0.15, 0.2) is 0 Å². The highest BCUT2D eigenvalue weighted by molar-refractivity contribution is 5.66. The quantitative estimate of drug-likeness (QED) is 0.358. The Labute approximate surface area is 167 Å². The van der Waals surface area contributed by atoms with Gasteiger partial charge in [-0.25, -0.2) is 0 Å². The van der Waals surface area contributed by atoms with Crippen LogP contribution in [0.5, 0.6) is 0 Å². The number of carboxylic acids is 1. The number of hydrogen-bond acceptors (Lipinski definition) is 5. The minimum absolute atomic E-state index is 0.131. The summed E-state index contributed by atoms with van der Waals surface area (Å²) >= 11 is 0. The van der Waals surface area contributed by atoms with Crippen LogP contribution in [0.3, 0.4) is 0 Å². The van der Waals surface area contributed by atoms with E-state index in [-0.39, 0.29) is 6.42 Å². The molecule has 1 fully saturated rings. The molecule has 0 amide bonds. The molecule has 1 rings (SSSR count). The monoisotopic (exact) mass is 394 g/mol. The Hall–Kier alpha value is -1.73. The normalized spacial score (nSPS) is 25.5. The number of aliphatic carboxylic acids is 1. The smallest absolute Gasteiger partial charge is 0.303 e. The summed E-state index contributed by atoms with van der Waals surface area (Å²) in [6.07, 6.45) is 15.3. The fourth-order valence-corrected chi connectivity index (χ4v) is 2.84. The van der Waals surface area contributed by atoms with Crippen molar-refractivity contribution < 1.29 is 30.0 Å². The number of aliphatic hydroxyl groups is 3. The van der Waals surface area contributed by atoms with E-state index in [4.69, 9.17) is 9.84 Å². The van der Waals surface area contributed by atoms with Crippen molar-refractivity contribution in [2.24, 2.45) is 0 Å². The van der Waals surface area contributed by atoms with Crippen molar-refractivity contribution in [3.8, 4) is 0 Å². The Morgan fingerprint density at radius 2 is 1.82 bits per heavy atom. The van der Waals surface area contributed by atoms with Crippen LogP contribution in [-0.2, 0) is 9.53 Å². The van der Waals surface area contributed by atoms with Crippen molar-refractivity contribution in [2.75, 3.05) is 0 Å². The van der Waals surface area contributed by atoms with E-state index in [1.54, 1.807) is 12.2 Å². The molecular weight excluding hydrogens is 360 g/mol. The van der Waals surface area contributed by atoms with Gasteiger partial charge in [0.2, 0.25) is 0 Å². The summed E-state index contributed by atoms with van der Waals surface area (Å²) in [5.41, 5.74) is 0. The van der Waals surface area contributed by atoms with Gasteiger partial charge in [0.1, 0.15) is 6.10 Å². The Balaban J connectivity index is 2.29. The maximum absolute atomic E-state index is 10.4. The minimum atomic E-state index is -0.805. The SMILES string of the molecule is CC/C=C\C[C@@H](O)[C@H]1C[C@H](O)[C@H](/C=C/[C@@H](O)C/C=C\C/C=C\CCC(=O)O)O1. The third-order valence-corrected chi connectivity index (χ3v) is 4.42. The molecule has 4 N–H and O–H groups in total. The highest BCUT2D eigenvalue weighted by Gasteiger charge is 2.35. The van der Waals surface area contributed by atoms with Crippen molar-refractivity contribution in [1.82, 2.24) is 0 Å². The largest absolute Gasteiger partial charge is 0.481 e. The Kier molecular flexibility index (Phi) is 12.4. The first-order chi connectivity index (χ1) is 13.4. The zero-order valence-electron chi connectivity index (χ0n) is 16.6. The molecule has 1 saturated heterocycles. The molecule has 0 unspecified atom stereocenters. The molecule has 6 nitrogen and oxygen atoms in total. The van der Waals surface area contributed by atoms with Gasteiger partial charge in [0, 0.05) is 12.8 Å². The summed E-state index contributed by atoms with van der Waals surface area (Å²) in [6, 6.07) is 0. The molecule has 0 saturated carbocycles. The molecule has 0 aromatic carbocycles. The van der Waals surface area contributed by atoms with E-state index in [1.165, 1.54) is 0 Å². The van der Waals surface area contributed by atoms with E-state index in [1.807, 2.05) is 43.4 Å². The van der Waals surface area contributed by atoms with Crippen LogP contribution in [0.2, 0.25) is 0 Å². The summed E-state index contributed by atoms with van der Waals surface area (Å²) in [5.74, 6) is -0.805. The van der Waals surface area contributed by atoms with E-state index in [0.717, 1.165) is 6.42 Å². The van der Waals surface area contributed by atoms with Gasteiger partial charge in [0.25, 0.3) is 0 Å². The van der Waals surface area contributed by atoms with Gasteiger partial charge < -0.3 is 25.2 Å². The second-order valence-corrected chi connectivity index (χ2v) is 6.92. The number of rotatable bonds is 13. The molecule has 1 aliphatic rings. The Morgan fingerprint density at radius 3 is 2.54 bits per heavy atom. The van der Waals surface area contributed by atoms with E-state index in [2.05, 4.69) is 0 Å². The lowest BCUT2D eigenvalue weighted by molar-refractivity contribution is -0.136. The number of allylic oxidation sites excluding steroid dienone is 4. The number of aliphatic hydroxyl groups excluding tert-OH is 3. The highest BCUT2D eigenvalue weighted by atomic mass is 16.5. The van der Waals surface area contributed by atoms with Crippen LogP contribution in [0.25, 0.3) is 0 Å².